The molecule has 8 nitrogen and oxygen atoms in total. The van der Waals surface area contributed by atoms with Crippen molar-refractivity contribution in [1.29, 1.82) is 5.26 Å². The molecule has 0 aromatic heterocycles. The van der Waals surface area contributed by atoms with Crippen molar-refractivity contribution in [2.24, 2.45) is 0 Å². The van der Waals surface area contributed by atoms with E-state index < -0.39 is 17.7 Å². The molecule has 0 spiro atoms. The van der Waals surface area contributed by atoms with Gasteiger partial charge in [-0.05, 0) is 42.5 Å². The fourth-order valence-corrected chi connectivity index (χ4v) is 2.08. The molecule has 2 aromatic rings. The SMILES string of the molecule is N#Cc1ccc(OCC(=O)NNC(=O)CNC(=O)c2cccc(Cl)c2)cc1. The van der Waals surface area contributed by atoms with Crippen molar-refractivity contribution >= 4 is 29.3 Å². The largest absolute Gasteiger partial charge is 0.484 e. The summed E-state index contributed by atoms with van der Waals surface area (Å²) in [7, 11) is 0. The molecule has 138 valence electrons. The molecule has 0 heterocycles. The van der Waals surface area contributed by atoms with Crippen molar-refractivity contribution in [3.05, 3.63) is 64.7 Å². The third-order valence-corrected chi connectivity index (χ3v) is 3.43. The van der Waals surface area contributed by atoms with Gasteiger partial charge >= 0.3 is 0 Å². The Morgan fingerprint density at radius 3 is 2.41 bits per heavy atom. The molecule has 0 saturated heterocycles. The molecule has 0 aliphatic rings. The Morgan fingerprint density at radius 2 is 1.74 bits per heavy atom. The predicted molar refractivity (Wildman–Crippen MR) is 96.7 cm³/mol. The number of nitrogens with zero attached hydrogens (tertiary/aromatic N) is 1. The van der Waals surface area contributed by atoms with Crippen molar-refractivity contribution in [3.63, 3.8) is 0 Å². The lowest BCUT2D eigenvalue weighted by Gasteiger charge is -2.09. The summed E-state index contributed by atoms with van der Waals surface area (Å²) in [5.74, 6) is -1.27. The van der Waals surface area contributed by atoms with Crippen molar-refractivity contribution in [2.75, 3.05) is 13.2 Å². The number of hydrogen-bond donors (Lipinski definition) is 3. The Morgan fingerprint density at radius 1 is 1.04 bits per heavy atom. The van der Waals surface area contributed by atoms with Crippen LogP contribution in [0.1, 0.15) is 15.9 Å². The number of nitriles is 1. The van der Waals surface area contributed by atoms with Crippen LogP contribution in [0.2, 0.25) is 5.02 Å². The molecular weight excluding hydrogens is 372 g/mol. The lowest BCUT2D eigenvalue weighted by Crippen LogP contribution is -2.47. The summed E-state index contributed by atoms with van der Waals surface area (Å²) in [6, 6.07) is 14.4. The molecule has 2 rings (SSSR count). The summed E-state index contributed by atoms with van der Waals surface area (Å²) >= 11 is 5.79. The summed E-state index contributed by atoms with van der Waals surface area (Å²) in [5.41, 5.74) is 5.10. The second kappa shape index (κ2) is 9.79. The minimum Gasteiger partial charge on any atom is -0.484 e. The first-order valence-corrected chi connectivity index (χ1v) is 8.10. The minimum absolute atomic E-state index is 0.315. The highest BCUT2D eigenvalue weighted by Gasteiger charge is 2.09. The van der Waals surface area contributed by atoms with Gasteiger partial charge in [0.15, 0.2) is 6.61 Å². The monoisotopic (exact) mass is 386 g/mol. The number of ether oxygens (including phenoxy) is 1. The van der Waals surface area contributed by atoms with Crippen molar-refractivity contribution in [3.8, 4) is 11.8 Å². The number of amides is 3. The van der Waals surface area contributed by atoms with Crippen LogP contribution in [0.4, 0.5) is 0 Å². The lowest BCUT2D eigenvalue weighted by molar-refractivity contribution is -0.129. The molecule has 2 aromatic carbocycles. The second-order valence-corrected chi connectivity index (χ2v) is 5.65. The molecule has 3 amide bonds. The third kappa shape index (κ3) is 6.68. The van der Waals surface area contributed by atoms with E-state index >= 15 is 0 Å². The number of carbonyl (C=O) groups excluding carboxylic acids is 3. The zero-order valence-corrected chi connectivity index (χ0v) is 14.7. The molecule has 0 saturated carbocycles. The van der Waals surface area contributed by atoms with Crippen molar-refractivity contribution in [2.45, 2.75) is 0 Å². The molecule has 0 atom stereocenters. The van der Waals surface area contributed by atoms with Gasteiger partial charge in [0.2, 0.25) is 0 Å². The smallest absolute Gasteiger partial charge is 0.276 e. The zero-order valence-electron chi connectivity index (χ0n) is 14.0. The highest BCUT2D eigenvalue weighted by Crippen LogP contribution is 2.11. The number of rotatable bonds is 6. The Kier molecular flexibility index (Phi) is 7.16. The summed E-state index contributed by atoms with van der Waals surface area (Å²) in [4.78, 5) is 35.2. The van der Waals surface area contributed by atoms with Crippen LogP contribution in [0.3, 0.4) is 0 Å². The van der Waals surface area contributed by atoms with E-state index in [1.807, 2.05) is 6.07 Å². The van der Waals surface area contributed by atoms with Gasteiger partial charge in [0.1, 0.15) is 5.75 Å². The van der Waals surface area contributed by atoms with E-state index in [2.05, 4.69) is 16.2 Å². The summed E-state index contributed by atoms with van der Waals surface area (Å²) in [6.45, 7) is -0.664. The standard InChI is InChI=1S/C18H15ClN4O4/c19-14-3-1-2-13(8-14)18(26)21-10-16(24)22-23-17(25)11-27-15-6-4-12(9-20)5-7-15/h1-8H,10-11H2,(H,21,26)(H,22,24)(H,23,25). The van der Waals surface area contributed by atoms with Gasteiger partial charge in [0.05, 0.1) is 18.2 Å². The van der Waals surface area contributed by atoms with Crippen LogP contribution in [-0.4, -0.2) is 30.9 Å². The Hall–Kier alpha value is -3.57. The molecule has 0 fully saturated rings. The van der Waals surface area contributed by atoms with Gasteiger partial charge in [-0.15, -0.1) is 0 Å². The molecule has 0 aliphatic heterocycles. The molecular formula is C18H15ClN4O4. The van der Waals surface area contributed by atoms with Crippen LogP contribution in [0.5, 0.6) is 5.75 Å². The number of hydrazine groups is 1. The van der Waals surface area contributed by atoms with E-state index in [4.69, 9.17) is 21.6 Å². The van der Waals surface area contributed by atoms with Gasteiger partial charge < -0.3 is 10.1 Å². The van der Waals surface area contributed by atoms with Gasteiger partial charge in [-0.3, -0.25) is 25.2 Å². The molecule has 9 heteroatoms. The molecule has 0 aliphatic carbocycles. The summed E-state index contributed by atoms with van der Waals surface area (Å²) in [5, 5.41) is 11.5. The maximum atomic E-state index is 11.9. The maximum absolute atomic E-state index is 11.9. The van der Waals surface area contributed by atoms with Gasteiger partial charge in [-0.2, -0.15) is 5.26 Å². The molecule has 0 radical (unpaired) electrons. The van der Waals surface area contributed by atoms with Crippen LogP contribution in [-0.2, 0) is 9.59 Å². The molecule has 0 bridgehead atoms. The van der Waals surface area contributed by atoms with E-state index in [0.717, 1.165) is 0 Å². The van der Waals surface area contributed by atoms with Crippen LogP contribution < -0.4 is 20.9 Å². The van der Waals surface area contributed by atoms with E-state index in [1.54, 1.807) is 42.5 Å². The first-order chi connectivity index (χ1) is 13.0. The number of carbonyl (C=O) groups is 3. The van der Waals surface area contributed by atoms with Gasteiger partial charge in [0, 0.05) is 10.6 Å². The van der Waals surface area contributed by atoms with Crippen LogP contribution in [0.15, 0.2) is 48.5 Å². The van der Waals surface area contributed by atoms with Gasteiger partial charge in [-0.25, -0.2) is 0 Å². The van der Waals surface area contributed by atoms with Crippen LogP contribution in [0, 0.1) is 11.3 Å². The third-order valence-electron chi connectivity index (χ3n) is 3.19. The van der Waals surface area contributed by atoms with Crippen molar-refractivity contribution in [1.82, 2.24) is 16.2 Å². The highest BCUT2D eigenvalue weighted by atomic mass is 35.5. The van der Waals surface area contributed by atoms with E-state index in [-0.39, 0.29) is 13.2 Å². The summed E-state index contributed by atoms with van der Waals surface area (Å²) in [6.07, 6.45) is 0. The first kappa shape index (κ1) is 19.8. The predicted octanol–water partition coefficient (Wildman–Crippen LogP) is 1.17. The van der Waals surface area contributed by atoms with Crippen molar-refractivity contribution < 1.29 is 19.1 Å². The van der Waals surface area contributed by atoms with Gasteiger partial charge in [-0.1, -0.05) is 17.7 Å². The average molecular weight is 387 g/mol. The summed E-state index contributed by atoms with van der Waals surface area (Å²) < 4.78 is 5.21. The quantitative estimate of drug-likeness (QED) is 0.643. The number of benzene rings is 2. The number of halogens is 1. The average Bonchev–Trinajstić information content (AvgIpc) is 2.69. The fraction of sp³-hybridized carbons (Fsp3) is 0.111. The number of hydrogen-bond acceptors (Lipinski definition) is 5. The van der Waals surface area contributed by atoms with Crippen LogP contribution >= 0.6 is 11.6 Å². The van der Waals surface area contributed by atoms with Gasteiger partial charge in [0.25, 0.3) is 17.7 Å². The van der Waals surface area contributed by atoms with Crippen LogP contribution in [0.25, 0.3) is 0 Å². The second-order valence-electron chi connectivity index (χ2n) is 5.21. The highest BCUT2D eigenvalue weighted by molar-refractivity contribution is 6.30. The van der Waals surface area contributed by atoms with E-state index in [9.17, 15) is 14.4 Å². The zero-order chi connectivity index (χ0) is 19.6. The fourth-order valence-electron chi connectivity index (χ4n) is 1.89. The Balaban J connectivity index is 1.67. The minimum atomic E-state index is -0.614. The first-order valence-electron chi connectivity index (χ1n) is 7.72. The van der Waals surface area contributed by atoms with E-state index in [1.165, 1.54) is 6.07 Å². The normalized spacial score (nSPS) is 9.63. The topological polar surface area (TPSA) is 120 Å². The lowest BCUT2D eigenvalue weighted by atomic mass is 10.2. The molecule has 27 heavy (non-hydrogen) atoms. The number of nitrogens with one attached hydrogen (secondary N) is 3. The molecule has 0 unspecified atom stereocenters. The molecule has 3 N–H and O–H groups in total. The van der Waals surface area contributed by atoms with E-state index in [0.29, 0.717) is 21.9 Å². The maximum Gasteiger partial charge on any atom is 0.276 e. The Labute approximate surface area is 160 Å². The Bertz CT molecular complexity index is 878.